The molecule has 0 bridgehead atoms. The molecule has 0 aliphatic heterocycles. The van der Waals surface area contributed by atoms with Crippen molar-refractivity contribution in [2.45, 2.75) is 39.7 Å². The fourth-order valence-corrected chi connectivity index (χ4v) is 2.50. The first-order valence-electron chi connectivity index (χ1n) is 9.70. The van der Waals surface area contributed by atoms with Crippen molar-refractivity contribution in [3.8, 4) is 5.75 Å². The predicted molar refractivity (Wildman–Crippen MR) is 115 cm³/mol. The summed E-state index contributed by atoms with van der Waals surface area (Å²) in [5.74, 6) is 0.286. The van der Waals surface area contributed by atoms with Gasteiger partial charge in [-0.25, -0.2) is 4.79 Å². The van der Waals surface area contributed by atoms with E-state index in [-0.39, 0.29) is 18.0 Å². The average Bonchev–Trinajstić information content (AvgIpc) is 2.69. The molecule has 0 aliphatic rings. The van der Waals surface area contributed by atoms with E-state index < -0.39 is 0 Å². The van der Waals surface area contributed by atoms with Gasteiger partial charge in [-0.2, -0.15) is 0 Å². The smallest absolute Gasteiger partial charge is 0.330 e. The molecule has 5 nitrogen and oxygen atoms in total. The van der Waals surface area contributed by atoms with Crippen LogP contribution in [-0.4, -0.2) is 25.4 Å². The summed E-state index contributed by atoms with van der Waals surface area (Å²) in [4.78, 5) is 16.8. The number of oxime groups is 1. The summed E-state index contributed by atoms with van der Waals surface area (Å²) in [6.07, 6.45) is 4.65. The van der Waals surface area contributed by atoms with Crippen molar-refractivity contribution in [1.29, 1.82) is 0 Å². The number of hydrogen-bond donors (Lipinski definition) is 0. The molecule has 0 N–H and O–H groups in total. The summed E-state index contributed by atoms with van der Waals surface area (Å²) < 4.78 is 10.7. The molecule has 2 aromatic carbocycles. The summed E-state index contributed by atoms with van der Waals surface area (Å²) in [7, 11) is 0. The van der Waals surface area contributed by atoms with E-state index in [0.717, 1.165) is 16.7 Å². The Bertz CT molecular complexity index is 836. The molecule has 0 aromatic heterocycles. The minimum absolute atomic E-state index is 0.00414. The quantitative estimate of drug-likeness (QED) is 0.258. The lowest BCUT2D eigenvalue weighted by molar-refractivity contribution is -0.137. The van der Waals surface area contributed by atoms with Gasteiger partial charge >= 0.3 is 5.97 Å². The summed E-state index contributed by atoms with van der Waals surface area (Å²) in [6, 6.07) is 15.9. The fourth-order valence-electron chi connectivity index (χ4n) is 2.50. The highest BCUT2D eigenvalue weighted by Gasteiger charge is 2.15. The summed E-state index contributed by atoms with van der Waals surface area (Å²) >= 11 is 0. The Morgan fingerprint density at radius 2 is 1.86 bits per heavy atom. The molecule has 0 aliphatic carbocycles. The van der Waals surface area contributed by atoms with E-state index >= 15 is 0 Å². The van der Waals surface area contributed by atoms with Gasteiger partial charge < -0.3 is 14.3 Å². The van der Waals surface area contributed by atoms with E-state index in [0.29, 0.717) is 19.0 Å². The Balaban J connectivity index is 2.07. The van der Waals surface area contributed by atoms with E-state index in [2.05, 4.69) is 25.9 Å². The Morgan fingerprint density at radius 3 is 2.55 bits per heavy atom. The van der Waals surface area contributed by atoms with Crippen LogP contribution in [0.25, 0.3) is 0 Å². The molecule has 2 aromatic rings. The molecule has 0 saturated heterocycles. The van der Waals surface area contributed by atoms with Crippen LogP contribution in [0, 0.1) is 0 Å². The minimum Gasteiger partial charge on any atom is -0.489 e. The van der Waals surface area contributed by atoms with E-state index in [1.54, 1.807) is 19.2 Å². The number of ether oxygens (including phenoxy) is 2. The van der Waals surface area contributed by atoms with Gasteiger partial charge in [-0.15, -0.1) is 0 Å². The molecule has 0 amide bonds. The number of rotatable bonds is 9. The molecule has 154 valence electrons. The van der Waals surface area contributed by atoms with E-state index in [4.69, 9.17) is 14.3 Å². The van der Waals surface area contributed by atoms with Crippen molar-refractivity contribution in [2.75, 3.05) is 13.2 Å². The summed E-state index contributed by atoms with van der Waals surface area (Å²) in [5, 5.41) is 4.10. The second-order valence-electron chi connectivity index (χ2n) is 7.46. The topological polar surface area (TPSA) is 57.1 Å². The first-order chi connectivity index (χ1) is 13.9. The number of esters is 1. The van der Waals surface area contributed by atoms with Gasteiger partial charge in [0, 0.05) is 11.6 Å². The highest BCUT2D eigenvalue weighted by Crippen LogP contribution is 2.27. The first-order valence-corrected chi connectivity index (χ1v) is 9.70. The predicted octanol–water partition coefficient (Wildman–Crippen LogP) is 5.03. The molecule has 0 atom stereocenters. The number of hydrogen-bond acceptors (Lipinski definition) is 5. The molecule has 29 heavy (non-hydrogen) atoms. The number of benzene rings is 2. The zero-order chi connectivity index (χ0) is 21.1. The van der Waals surface area contributed by atoms with E-state index in [1.165, 1.54) is 6.08 Å². The third-order valence-corrected chi connectivity index (χ3v) is 4.09. The maximum atomic E-state index is 11.4. The van der Waals surface area contributed by atoms with Crippen LogP contribution in [0.3, 0.4) is 0 Å². The number of carbonyl (C=O) groups is 1. The van der Waals surface area contributed by atoms with Crippen LogP contribution in [0.5, 0.6) is 5.75 Å². The zero-order valence-corrected chi connectivity index (χ0v) is 17.6. The molecule has 0 unspecified atom stereocenters. The monoisotopic (exact) mass is 395 g/mol. The lowest BCUT2D eigenvalue weighted by Crippen LogP contribution is -2.12. The molecule has 5 heteroatoms. The highest BCUT2D eigenvalue weighted by molar-refractivity contribution is 5.84. The van der Waals surface area contributed by atoms with Gasteiger partial charge in [0.2, 0.25) is 0 Å². The van der Waals surface area contributed by atoms with Crippen LogP contribution < -0.4 is 4.74 Å². The van der Waals surface area contributed by atoms with Crippen LogP contribution in [0.2, 0.25) is 0 Å². The Labute approximate surface area is 173 Å². The lowest BCUT2D eigenvalue weighted by atomic mass is 9.86. The SMILES string of the molecule is CCOC(=O)/C=C/COc1ccc(C(C)(C)C)cc1/C=N/OCc1ccccc1. The van der Waals surface area contributed by atoms with Gasteiger partial charge in [0.05, 0.1) is 12.8 Å². The van der Waals surface area contributed by atoms with Crippen molar-refractivity contribution >= 4 is 12.2 Å². The maximum absolute atomic E-state index is 11.4. The van der Waals surface area contributed by atoms with Crippen molar-refractivity contribution < 1.29 is 19.1 Å². The standard InChI is InChI=1S/C24H29NO4/c1-5-27-23(26)12-9-15-28-22-14-13-21(24(2,3)4)16-20(22)17-25-29-18-19-10-7-6-8-11-19/h6-14,16-17H,5,15,18H2,1-4H3/b12-9+,25-17+. The highest BCUT2D eigenvalue weighted by atomic mass is 16.6. The minimum atomic E-state index is -0.379. The van der Waals surface area contributed by atoms with Crippen molar-refractivity contribution in [3.63, 3.8) is 0 Å². The fraction of sp³-hybridized carbons (Fsp3) is 0.333. The van der Waals surface area contributed by atoms with Crippen molar-refractivity contribution in [3.05, 3.63) is 77.4 Å². The molecule has 0 saturated carbocycles. The van der Waals surface area contributed by atoms with Crippen molar-refractivity contribution in [1.82, 2.24) is 0 Å². The average molecular weight is 395 g/mol. The molecular formula is C24H29NO4. The maximum Gasteiger partial charge on any atom is 0.330 e. The van der Waals surface area contributed by atoms with Gasteiger partial charge in [0.1, 0.15) is 19.0 Å². The zero-order valence-electron chi connectivity index (χ0n) is 17.6. The van der Waals surface area contributed by atoms with E-state index in [9.17, 15) is 4.79 Å². The Kier molecular flexibility index (Phi) is 8.46. The third kappa shape index (κ3) is 7.82. The van der Waals surface area contributed by atoms with Gasteiger partial charge in [0.25, 0.3) is 0 Å². The molecular weight excluding hydrogens is 366 g/mol. The molecule has 0 radical (unpaired) electrons. The van der Waals surface area contributed by atoms with Gasteiger partial charge in [0.15, 0.2) is 0 Å². The van der Waals surface area contributed by atoms with Gasteiger partial charge in [-0.1, -0.05) is 62.3 Å². The molecule has 0 spiro atoms. The summed E-state index contributed by atoms with van der Waals surface area (Å²) in [6.45, 7) is 9.22. The van der Waals surface area contributed by atoms with Crippen molar-refractivity contribution in [2.24, 2.45) is 5.16 Å². The largest absolute Gasteiger partial charge is 0.489 e. The third-order valence-electron chi connectivity index (χ3n) is 4.09. The molecule has 2 rings (SSSR count). The van der Waals surface area contributed by atoms with Crippen LogP contribution in [0.1, 0.15) is 44.4 Å². The number of carbonyl (C=O) groups excluding carboxylic acids is 1. The van der Waals surface area contributed by atoms with Gasteiger partial charge in [-0.05, 0) is 41.7 Å². The van der Waals surface area contributed by atoms with Gasteiger partial charge in [-0.3, -0.25) is 0 Å². The Hall–Kier alpha value is -3.08. The number of nitrogens with zero attached hydrogens (tertiary/aromatic N) is 1. The van der Waals surface area contributed by atoms with Crippen LogP contribution >= 0.6 is 0 Å². The van der Waals surface area contributed by atoms with Crippen LogP contribution in [0.15, 0.2) is 65.8 Å². The normalized spacial score (nSPS) is 11.7. The summed E-state index contributed by atoms with van der Waals surface area (Å²) in [5.41, 5.74) is 3.02. The second kappa shape index (κ2) is 11.1. The second-order valence-corrected chi connectivity index (χ2v) is 7.46. The molecule has 0 fully saturated rings. The van der Waals surface area contributed by atoms with Crippen LogP contribution in [-0.2, 0) is 26.4 Å². The lowest BCUT2D eigenvalue weighted by Gasteiger charge is -2.20. The molecule has 0 heterocycles. The first kappa shape index (κ1) is 22.2. The Morgan fingerprint density at radius 1 is 1.10 bits per heavy atom. The van der Waals surface area contributed by atoms with E-state index in [1.807, 2.05) is 48.5 Å². The van der Waals surface area contributed by atoms with Crippen LogP contribution in [0.4, 0.5) is 0 Å².